The molecule has 144 valence electrons. The molecule has 1 saturated heterocycles. The van der Waals surface area contributed by atoms with Crippen LogP contribution in [0.4, 0.5) is 11.6 Å². The third-order valence-electron chi connectivity index (χ3n) is 4.23. The van der Waals surface area contributed by atoms with Crippen molar-refractivity contribution in [2.24, 2.45) is 0 Å². The van der Waals surface area contributed by atoms with E-state index in [0.717, 1.165) is 44.3 Å². The summed E-state index contributed by atoms with van der Waals surface area (Å²) in [5.74, 6) is 0.901. The van der Waals surface area contributed by atoms with Gasteiger partial charge in [0.1, 0.15) is 11.4 Å². The molecule has 1 fully saturated rings. The molecule has 0 atom stereocenters. The van der Waals surface area contributed by atoms with Gasteiger partial charge in [-0.2, -0.15) is 0 Å². The number of carbonyl (C=O) groups excluding carboxylic acids is 1. The SMILES string of the molecule is COc1cccc(Nc2nc(C)cc(C(=O)NCCN3CCOCC3)n2)c1. The van der Waals surface area contributed by atoms with E-state index in [-0.39, 0.29) is 5.91 Å². The predicted molar refractivity (Wildman–Crippen MR) is 103 cm³/mol. The van der Waals surface area contributed by atoms with Crippen LogP contribution in [-0.4, -0.2) is 67.3 Å². The van der Waals surface area contributed by atoms with Gasteiger partial charge in [-0.25, -0.2) is 9.97 Å². The van der Waals surface area contributed by atoms with Gasteiger partial charge < -0.3 is 20.1 Å². The maximum atomic E-state index is 12.5. The largest absolute Gasteiger partial charge is 0.497 e. The van der Waals surface area contributed by atoms with Crippen LogP contribution in [0.15, 0.2) is 30.3 Å². The Hall–Kier alpha value is -2.71. The number of hydrogen-bond acceptors (Lipinski definition) is 7. The number of anilines is 2. The molecule has 2 N–H and O–H groups in total. The van der Waals surface area contributed by atoms with Crippen LogP contribution >= 0.6 is 0 Å². The van der Waals surface area contributed by atoms with Gasteiger partial charge in [0.25, 0.3) is 5.91 Å². The molecule has 3 rings (SSSR count). The number of morpholine rings is 1. The summed E-state index contributed by atoms with van der Waals surface area (Å²) in [6.45, 7) is 6.50. The Bertz CT molecular complexity index is 778. The lowest BCUT2D eigenvalue weighted by molar-refractivity contribution is 0.0383. The Labute approximate surface area is 158 Å². The molecule has 0 bridgehead atoms. The molecule has 0 aliphatic carbocycles. The molecule has 1 amide bonds. The highest BCUT2D eigenvalue weighted by Gasteiger charge is 2.13. The van der Waals surface area contributed by atoms with Gasteiger partial charge in [0.05, 0.1) is 20.3 Å². The minimum absolute atomic E-state index is 0.206. The molecular weight excluding hydrogens is 346 g/mol. The Balaban J connectivity index is 1.60. The zero-order chi connectivity index (χ0) is 19.1. The van der Waals surface area contributed by atoms with Crippen LogP contribution in [-0.2, 0) is 4.74 Å². The summed E-state index contributed by atoms with van der Waals surface area (Å²) in [4.78, 5) is 23.4. The Morgan fingerprint density at radius 3 is 2.85 bits per heavy atom. The highest BCUT2D eigenvalue weighted by atomic mass is 16.5. The van der Waals surface area contributed by atoms with E-state index in [1.54, 1.807) is 13.2 Å². The fourth-order valence-corrected chi connectivity index (χ4v) is 2.81. The summed E-state index contributed by atoms with van der Waals surface area (Å²) >= 11 is 0. The second-order valence-corrected chi connectivity index (χ2v) is 6.29. The number of methoxy groups -OCH3 is 1. The van der Waals surface area contributed by atoms with E-state index in [4.69, 9.17) is 9.47 Å². The summed E-state index contributed by atoms with van der Waals surface area (Å²) < 4.78 is 10.5. The third kappa shape index (κ3) is 5.63. The molecule has 27 heavy (non-hydrogen) atoms. The number of ether oxygens (including phenoxy) is 2. The fraction of sp³-hybridized carbons (Fsp3) is 0.421. The van der Waals surface area contributed by atoms with E-state index in [9.17, 15) is 4.79 Å². The van der Waals surface area contributed by atoms with Gasteiger partial charge in [-0.05, 0) is 25.1 Å². The first kappa shape index (κ1) is 19.1. The Kier molecular flexibility index (Phi) is 6.56. The van der Waals surface area contributed by atoms with Crippen molar-refractivity contribution in [1.82, 2.24) is 20.2 Å². The maximum Gasteiger partial charge on any atom is 0.270 e. The van der Waals surface area contributed by atoms with Gasteiger partial charge in [-0.15, -0.1) is 0 Å². The molecule has 1 aliphatic rings. The average Bonchev–Trinajstić information content (AvgIpc) is 2.68. The Morgan fingerprint density at radius 2 is 2.07 bits per heavy atom. The van der Waals surface area contributed by atoms with E-state index in [1.165, 1.54) is 0 Å². The maximum absolute atomic E-state index is 12.5. The fourth-order valence-electron chi connectivity index (χ4n) is 2.81. The third-order valence-corrected chi connectivity index (χ3v) is 4.23. The minimum atomic E-state index is -0.206. The van der Waals surface area contributed by atoms with Crippen LogP contribution in [0.3, 0.4) is 0 Å². The van der Waals surface area contributed by atoms with Crippen molar-refractivity contribution in [3.63, 3.8) is 0 Å². The van der Waals surface area contributed by atoms with Crippen molar-refractivity contribution >= 4 is 17.5 Å². The second-order valence-electron chi connectivity index (χ2n) is 6.29. The molecule has 0 saturated carbocycles. The van der Waals surface area contributed by atoms with Crippen molar-refractivity contribution in [2.45, 2.75) is 6.92 Å². The van der Waals surface area contributed by atoms with Gasteiger partial charge >= 0.3 is 0 Å². The van der Waals surface area contributed by atoms with E-state index in [1.807, 2.05) is 31.2 Å². The lowest BCUT2D eigenvalue weighted by Crippen LogP contribution is -2.41. The number of carbonyl (C=O) groups is 1. The van der Waals surface area contributed by atoms with Crippen LogP contribution in [0.5, 0.6) is 5.75 Å². The molecule has 0 unspecified atom stereocenters. The molecular formula is C19H25N5O3. The summed E-state index contributed by atoms with van der Waals surface area (Å²) in [6.07, 6.45) is 0. The number of nitrogens with one attached hydrogen (secondary N) is 2. The lowest BCUT2D eigenvalue weighted by atomic mass is 10.3. The summed E-state index contributed by atoms with van der Waals surface area (Å²) in [6, 6.07) is 9.14. The summed E-state index contributed by atoms with van der Waals surface area (Å²) in [5.41, 5.74) is 1.85. The quantitative estimate of drug-likeness (QED) is 0.764. The first-order chi connectivity index (χ1) is 13.1. The molecule has 8 nitrogen and oxygen atoms in total. The number of benzene rings is 1. The molecule has 2 heterocycles. The topological polar surface area (TPSA) is 88.6 Å². The monoisotopic (exact) mass is 371 g/mol. The van der Waals surface area contributed by atoms with Crippen molar-refractivity contribution in [1.29, 1.82) is 0 Å². The van der Waals surface area contributed by atoms with Crippen molar-refractivity contribution in [3.8, 4) is 5.75 Å². The summed E-state index contributed by atoms with van der Waals surface area (Å²) in [5, 5.41) is 6.04. The molecule has 0 spiro atoms. The van der Waals surface area contributed by atoms with E-state index in [2.05, 4.69) is 25.5 Å². The van der Waals surface area contributed by atoms with Gasteiger partial charge in [-0.3, -0.25) is 9.69 Å². The average molecular weight is 371 g/mol. The highest BCUT2D eigenvalue weighted by molar-refractivity contribution is 5.92. The number of rotatable bonds is 7. The molecule has 1 aliphatic heterocycles. The Morgan fingerprint density at radius 1 is 1.26 bits per heavy atom. The second kappa shape index (κ2) is 9.29. The van der Waals surface area contributed by atoms with Crippen LogP contribution in [0.2, 0.25) is 0 Å². The van der Waals surface area contributed by atoms with Gasteiger partial charge in [0.2, 0.25) is 5.95 Å². The molecule has 2 aromatic rings. The van der Waals surface area contributed by atoms with Crippen molar-refractivity contribution in [3.05, 3.63) is 41.7 Å². The number of aromatic nitrogens is 2. The predicted octanol–water partition coefficient (Wildman–Crippen LogP) is 1.60. The zero-order valence-corrected chi connectivity index (χ0v) is 15.7. The highest BCUT2D eigenvalue weighted by Crippen LogP contribution is 2.19. The van der Waals surface area contributed by atoms with Crippen LogP contribution < -0.4 is 15.4 Å². The number of aryl methyl sites for hydroxylation is 1. The van der Waals surface area contributed by atoms with Crippen molar-refractivity contribution in [2.75, 3.05) is 51.8 Å². The van der Waals surface area contributed by atoms with Crippen LogP contribution in [0, 0.1) is 6.92 Å². The minimum Gasteiger partial charge on any atom is -0.497 e. The van der Waals surface area contributed by atoms with Crippen molar-refractivity contribution < 1.29 is 14.3 Å². The molecule has 8 heteroatoms. The van der Waals surface area contributed by atoms with Gasteiger partial charge in [0.15, 0.2) is 0 Å². The first-order valence-corrected chi connectivity index (χ1v) is 8.99. The van der Waals surface area contributed by atoms with E-state index in [0.29, 0.717) is 23.9 Å². The van der Waals surface area contributed by atoms with Gasteiger partial charge in [0, 0.05) is 43.6 Å². The zero-order valence-electron chi connectivity index (χ0n) is 15.7. The lowest BCUT2D eigenvalue weighted by Gasteiger charge is -2.26. The van der Waals surface area contributed by atoms with E-state index >= 15 is 0 Å². The number of amides is 1. The molecule has 0 radical (unpaired) electrons. The first-order valence-electron chi connectivity index (χ1n) is 8.99. The number of hydrogen-bond donors (Lipinski definition) is 2. The van der Waals surface area contributed by atoms with Gasteiger partial charge in [-0.1, -0.05) is 6.07 Å². The van der Waals surface area contributed by atoms with Crippen LogP contribution in [0.25, 0.3) is 0 Å². The van der Waals surface area contributed by atoms with Crippen LogP contribution in [0.1, 0.15) is 16.2 Å². The summed E-state index contributed by atoms with van der Waals surface area (Å²) in [7, 11) is 1.61. The van der Waals surface area contributed by atoms with E-state index < -0.39 is 0 Å². The number of nitrogens with zero attached hydrogens (tertiary/aromatic N) is 3. The molecule has 1 aromatic heterocycles. The normalized spacial score (nSPS) is 14.6. The smallest absolute Gasteiger partial charge is 0.270 e. The standard InChI is InChI=1S/C19H25N5O3/c1-14-12-17(18(25)20-6-7-24-8-10-27-11-9-24)23-19(21-14)22-15-4-3-5-16(13-15)26-2/h3-5,12-13H,6-11H2,1-2H3,(H,20,25)(H,21,22,23). The molecule has 1 aromatic carbocycles.